The van der Waals surface area contributed by atoms with Gasteiger partial charge in [-0.3, -0.25) is 19.3 Å². The van der Waals surface area contributed by atoms with E-state index in [0.717, 1.165) is 5.56 Å². The average molecular weight is 416 g/mol. The summed E-state index contributed by atoms with van der Waals surface area (Å²) in [6.45, 7) is 0.801. The number of anilines is 1. The zero-order valence-corrected chi connectivity index (χ0v) is 16.8. The summed E-state index contributed by atoms with van der Waals surface area (Å²) in [5.41, 5.74) is 1.55. The molecule has 152 valence electrons. The molecule has 0 atom stereocenters. The lowest BCUT2D eigenvalue weighted by Gasteiger charge is -2.34. The Hall–Kier alpha value is -3.06. The molecule has 2 aromatic carbocycles. The number of amides is 3. The molecular weight excluding hydrogens is 394 g/mol. The average Bonchev–Trinajstić information content (AvgIpc) is 2.72. The first kappa shape index (κ1) is 20.7. The molecule has 3 rings (SSSR count). The van der Waals surface area contributed by atoms with Gasteiger partial charge in [0.25, 0.3) is 0 Å². The molecule has 0 radical (unpaired) electrons. The second-order valence-corrected chi connectivity index (χ2v) is 7.02. The lowest BCUT2D eigenvalue weighted by atomic mass is 10.1. The van der Waals surface area contributed by atoms with Crippen LogP contribution in [0.4, 0.5) is 5.69 Å². The van der Waals surface area contributed by atoms with E-state index in [-0.39, 0.29) is 25.5 Å². The number of methoxy groups -OCH3 is 1. The molecule has 3 amide bonds. The number of rotatable bonds is 7. The summed E-state index contributed by atoms with van der Waals surface area (Å²) in [5, 5.41) is 3.22. The number of nitrogens with one attached hydrogen (secondary N) is 1. The molecule has 0 spiro atoms. The van der Waals surface area contributed by atoms with Gasteiger partial charge in [0.15, 0.2) is 0 Å². The fourth-order valence-electron chi connectivity index (χ4n) is 3.15. The van der Waals surface area contributed by atoms with Crippen molar-refractivity contribution >= 4 is 35.0 Å². The van der Waals surface area contributed by atoms with Crippen LogP contribution >= 0.6 is 11.6 Å². The molecule has 8 heteroatoms. The Morgan fingerprint density at radius 2 is 1.86 bits per heavy atom. The van der Waals surface area contributed by atoms with E-state index in [1.54, 1.807) is 18.2 Å². The summed E-state index contributed by atoms with van der Waals surface area (Å²) >= 11 is 6.03. The van der Waals surface area contributed by atoms with Gasteiger partial charge in [0.05, 0.1) is 12.8 Å². The van der Waals surface area contributed by atoms with Crippen LogP contribution in [0, 0.1) is 0 Å². The number of carbonyl (C=O) groups excluding carboxylic acids is 3. The Morgan fingerprint density at radius 1 is 1.10 bits per heavy atom. The third kappa shape index (κ3) is 5.06. The van der Waals surface area contributed by atoms with Crippen molar-refractivity contribution in [3.63, 3.8) is 0 Å². The van der Waals surface area contributed by atoms with E-state index in [1.807, 2.05) is 30.3 Å². The minimum absolute atomic E-state index is 0.153. The van der Waals surface area contributed by atoms with Gasteiger partial charge in [0, 0.05) is 24.7 Å². The highest BCUT2D eigenvalue weighted by molar-refractivity contribution is 6.41. The number of hydrogen-bond donors (Lipinski definition) is 1. The van der Waals surface area contributed by atoms with Crippen molar-refractivity contribution < 1.29 is 19.1 Å². The van der Waals surface area contributed by atoms with Gasteiger partial charge >= 0.3 is 11.8 Å². The van der Waals surface area contributed by atoms with Crippen LogP contribution in [-0.2, 0) is 20.8 Å². The van der Waals surface area contributed by atoms with Crippen molar-refractivity contribution in [2.24, 2.45) is 0 Å². The van der Waals surface area contributed by atoms with E-state index in [0.29, 0.717) is 29.4 Å². The summed E-state index contributed by atoms with van der Waals surface area (Å²) in [6, 6.07) is 14.6. The third-order valence-corrected chi connectivity index (χ3v) is 4.89. The minimum atomic E-state index is -0.725. The molecule has 1 heterocycles. The van der Waals surface area contributed by atoms with Gasteiger partial charge in [-0.2, -0.15) is 0 Å². The lowest BCUT2D eigenvalue weighted by molar-refractivity contribution is -0.147. The second kappa shape index (κ2) is 9.43. The number of ether oxygens (including phenoxy) is 1. The molecule has 0 aliphatic carbocycles. The molecule has 1 aliphatic heterocycles. The maximum absolute atomic E-state index is 12.6. The van der Waals surface area contributed by atoms with Crippen LogP contribution in [-0.4, -0.2) is 55.9 Å². The zero-order valence-electron chi connectivity index (χ0n) is 16.1. The van der Waals surface area contributed by atoms with E-state index < -0.39 is 11.8 Å². The third-order valence-electron chi connectivity index (χ3n) is 4.65. The van der Waals surface area contributed by atoms with Crippen molar-refractivity contribution in [3.8, 4) is 5.75 Å². The fourth-order valence-corrected chi connectivity index (χ4v) is 3.32. The Bertz CT molecular complexity index is 904. The van der Waals surface area contributed by atoms with E-state index >= 15 is 0 Å². The van der Waals surface area contributed by atoms with Crippen molar-refractivity contribution in [3.05, 3.63) is 59.1 Å². The Kier molecular flexibility index (Phi) is 6.72. The monoisotopic (exact) mass is 415 g/mol. The van der Waals surface area contributed by atoms with Gasteiger partial charge in [-0.05, 0) is 30.2 Å². The summed E-state index contributed by atoms with van der Waals surface area (Å²) < 4.78 is 5.27. The standard InChI is InChI=1S/C21H22ClN3O4/c1-29-18-8-7-16(22)13-17(18)25-12-11-24(20(27)21(25)28)14-19(26)23-10-9-15-5-3-2-4-6-15/h2-8,13H,9-12,14H2,1H3,(H,23,26). The van der Waals surface area contributed by atoms with E-state index in [1.165, 1.54) is 16.9 Å². The Morgan fingerprint density at radius 3 is 2.59 bits per heavy atom. The van der Waals surface area contributed by atoms with Gasteiger partial charge < -0.3 is 15.0 Å². The molecule has 1 fully saturated rings. The molecule has 0 saturated carbocycles. The number of benzene rings is 2. The Balaban J connectivity index is 1.56. The first-order chi connectivity index (χ1) is 14.0. The van der Waals surface area contributed by atoms with Gasteiger partial charge in [0.1, 0.15) is 12.3 Å². The van der Waals surface area contributed by atoms with Crippen LogP contribution in [0.3, 0.4) is 0 Å². The highest BCUT2D eigenvalue weighted by atomic mass is 35.5. The molecule has 1 N–H and O–H groups in total. The van der Waals surface area contributed by atoms with Crippen LogP contribution < -0.4 is 15.0 Å². The van der Waals surface area contributed by atoms with Crippen molar-refractivity contribution in [1.82, 2.24) is 10.2 Å². The molecule has 29 heavy (non-hydrogen) atoms. The maximum Gasteiger partial charge on any atom is 0.316 e. The quantitative estimate of drug-likeness (QED) is 0.700. The number of halogens is 1. The molecular formula is C21H22ClN3O4. The maximum atomic E-state index is 12.6. The fraction of sp³-hybridized carbons (Fsp3) is 0.286. The molecule has 1 aliphatic rings. The largest absolute Gasteiger partial charge is 0.495 e. The first-order valence-electron chi connectivity index (χ1n) is 9.24. The van der Waals surface area contributed by atoms with Crippen LogP contribution in [0.2, 0.25) is 5.02 Å². The topological polar surface area (TPSA) is 79.0 Å². The first-order valence-corrected chi connectivity index (χ1v) is 9.62. The normalized spacial score (nSPS) is 14.1. The number of hydrogen-bond acceptors (Lipinski definition) is 4. The van der Waals surface area contributed by atoms with E-state index in [2.05, 4.69) is 5.32 Å². The highest BCUT2D eigenvalue weighted by Gasteiger charge is 2.35. The van der Waals surface area contributed by atoms with Crippen LogP contribution in [0.1, 0.15) is 5.56 Å². The van der Waals surface area contributed by atoms with Crippen LogP contribution in [0.15, 0.2) is 48.5 Å². The molecule has 2 aromatic rings. The smallest absolute Gasteiger partial charge is 0.316 e. The van der Waals surface area contributed by atoms with Crippen LogP contribution in [0.5, 0.6) is 5.75 Å². The second-order valence-electron chi connectivity index (χ2n) is 6.59. The van der Waals surface area contributed by atoms with Gasteiger partial charge in [-0.25, -0.2) is 0 Å². The molecule has 7 nitrogen and oxygen atoms in total. The predicted octanol–water partition coefficient (Wildman–Crippen LogP) is 1.88. The molecule has 0 aromatic heterocycles. The number of nitrogens with zero attached hydrogens (tertiary/aromatic N) is 2. The predicted molar refractivity (Wildman–Crippen MR) is 110 cm³/mol. The van der Waals surface area contributed by atoms with Gasteiger partial charge in [0.2, 0.25) is 5.91 Å². The zero-order chi connectivity index (χ0) is 20.8. The van der Waals surface area contributed by atoms with Crippen molar-refractivity contribution in [2.75, 3.05) is 38.2 Å². The van der Waals surface area contributed by atoms with Crippen LogP contribution in [0.25, 0.3) is 0 Å². The molecule has 1 saturated heterocycles. The minimum Gasteiger partial charge on any atom is -0.495 e. The van der Waals surface area contributed by atoms with Gasteiger partial charge in [-0.15, -0.1) is 0 Å². The number of piperazine rings is 1. The molecule has 0 unspecified atom stereocenters. The van der Waals surface area contributed by atoms with E-state index in [4.69, 9.17) is 16.3 Å². The SMILES string of the molecule is COc1ccc(Cl)cc1N1CCN(CC(=O)NCCc2ccccc2)C(=O)C1=O. The molecule has 0 bridgehead atoms. The van der Waals surface area contributed by atoms with E-state index in [9.17, 15) is 14.4 Å². The van der Waals surface area contributed by atoms with Crippen molar-refractivity contribution in [1.29, 1.82) is 0 Å². The summed E-state index contributed by atoms with van der Waals surface area (Å²) in [6.07, 6.45) is 0.696. The Labute approximate surface area is 174 Å². The summed E-state index contributed by atoms with van der Waals surface area (Å²) in [4.78, 5) is 39.9. The number of carbonyl (C=O) groups is 3. The highest BCUT2D eigenvalue weighted by Crippen LogP contribution is 2.32. The summed E-state index contributed by atoms with van der Waals surface area (Å²) in [7, 11) is 1.48. The van der Waals surface area contributed by atoms with Gasteiger partial charge in [-0.1, -0.05) is 41.9 Å². The summed E-state index contributed by atoms with van der Waals surface area (Å²) in [5.74, 6) is -1.29. The van der Waals surface area contributed by atoms with Crippen molar-refractivity contribution in [2.45, 2.75) is 6.42 Å². The lowest BCUT2D eigenvalue weighted by Crippen LogP contribution is -2.56.